The third-order valence-corrected chi connectivity index (χ3v) is 2.56. The molecule has 0 heterocycles. The van der Waals surface area contributed by atoms with Gasteiger partial charge in [0.2, 0.25) is 0 Å². The van der Waals surface area contributed by atoms with Gasteiger partial charge in [-0.1, -0.05) is 20.4 Å². The van der Waals surface area contributed by atoms with Crippen LogP contribution in [0.4, 0.5) is 4.79 Å². The van der Waals surface area contributed by atoms with Gasteiger partial charge < -0.3 is 19.5 Å². The summed E-state index contributed by atoms with van der Waals surface area (Å²) in [4.78, 5) is 22.5. The quantitative estimate of drug-likeness (QED) is 0.360. The molecular weight excluding hydrogens is 274 g/mol. The van der Waals surface area contributed by atoms with Crippen LogP contribution in [0.3, 0.4) is 0 Å². The van der Waals surface area contributed by atoms with Gasteiger partial charge in [-0.25, -0.2) is 9.59 Å². The molecule has 1 amide bonds. The molecule has 0 rings (SSSR count). The highest BCUT2D eigenvalue weighted by Gasteiger charge is 2.08. The summed E-state index contributed by atoms with van der Waals surface area (Å²) >= 11 is 0. The Balaban J connectivity index is 3.53. The summed E-state index contributed by atoms with van der Waals surface area (Å²) in [6, 6.07) is 0. The van der Waals surface area contributed by atoms with Crippen LogP contribution in [0.2, 0.25) is 0 Å². The van der Waals surface area contributed by atoms with Crippen molar-refractivity contribution in [3.05, 3.63) is 12.2 Å². The summed E-state index contributed by atoms with van der Waals surface area (Å²) in [6.45, 7) is 11.2. The summed E-state index contributed by atoms with van der Waals surface area (Å²) < 4.78 is 15.3. The molecule has 0 aliphatic rings. The largest absolute Gasteiger partial charge is 0.460 e. The van der Waals surface area contributed by atoms with E-state index in [9.17, 15) is 9.59 Å². The third-order valence-electron chi connectivity index (χ3n) is 2.56. The van der Waals surface area contributed by atoms with E-state index in [1.807, 2.05) is 6.92 Å². The molecular formula is C15H27NO5. The molecule has 6 heteroatoms. The number of esters is 1. The molecule has 0 aromatic rings. The van der Waals surface area contributed by atoms with Gasteiger partial charge in [0.05, 0.1) is 13.2 Å². The third kappa shape index (κ3) is 11.9. The maximum atomic E-state index is 11.4. The van der Waals surface area contributed by atoms with Crippen LogP contribution in [0, 0.1) is 5.92 Å². The molecule has 1 atom stereocenters. The second-order valence-electron chi connectivity index (χ2n) is 4.95. The van der Waals surface area contributed by atoms with Gasteiger partial charge in [0.1, 0.15) is 6.61 Å². The van der Waals surface area contributed by atoms with E-state index in [1.54, 1.807) is 6.92 Å². The minimum atomic E-state index is -0.511. The lowest BCUT2D eigenvalue weighted by Gasteiger charge is -2.12. The number of hydrogen-bond donors (Lipinski definition) is 1. The molecule has 0 bridgehead atoms. The first-order valence-electron chi connectivity index (χ1n) is 7.28. The SMILES string of the molecule is C=C(C)C(=O)OCCNC(=O)OCC(C)CCOCCC. The van der Waals surface area contributed by atoms with Crippen LogP contribution in [0.15, 0.2) is 12.2 Å². The fourth-order valence-electron chi connectivity index (χ4n) is 1.30. The number of nitrogens with one attached hydrogen (secondary N) is 1. The average Bonchev–Trinajstić information content (AvgIpc) is 2.45. The minimum absolute atomic E-state index is 0.0984. The van der Waals surface area contributed by atoms with Crippen molar-refractivity contribution in [3.63, 3.8) is 0 Å². The van der Waals surface area contributed by atoms with Crippen molar-refractivity contribution < 1.29 is 23.8 Å². The number of rotatable bonds is 11. The zero-order chi connectivity index (χ0) is 16.1. The lowest BCUT2D eigenvalue weighted by molar-refractivity contribution is -0.138. The highest BCUT2D eigenvalue weighted by atomic mass is 16.6. The van der Waals surface area contributed by atoms with Crippen molar-refractivity contribution >= 4 is 12.1 Å². The topological polar surface area (TPSA) is 73.9 Å². The zero-order valence-corrected chi connectivity index (χ0v) is 13.3. The number of hydrogen-bond acceptors (Lipinski definition) is 5. The Kier molecular flexibility index (Phi) is 11.3. The summed E-state index contributed by atoms with van der Waals surface area (Å²) in [6.07, 6.45) is 1.34. The fraction of sp³-hybridized carbons (Fsp3) is 0.733. The highest BCUT2D eigenvalue weighted by molar-refractivity contribution is 5.86. The second kappa shape index (κ2) is 12.2. The van der Waals surface area contributed by atoms with Gasteiger partial charge in [0.15, 0.2) is 0 Å². The Bertz CT molecular complexity index is 330. The van der Waals surface area contributed by atoms with Crippen LogP contribution in [-0.2, 0) is 19.0 Å². The van der Waals surface area contributed by atoms with E-state index in [4.69, 9.17) is 14.2 Å². The van der Waals surface area contributed by atoms with Gasteiger partial charge in [-0.2, -0.15) is 0 Å². The second-order valence-corrected chi connectivity index (χ2v) is 4.95. The van der Waals surface area contributed by atoms with Crippen LogP contribution >= 0.6 is 0 Å². The summed E-state index contributed by atoms with van der Waals surface area (Å²) in [5, 5.41) is 2.51. The lowest BCUT2D eigenvalue weighted by atomic mass is 10.1. The molecule has 0 saturated heterocycles. The molecule has 0 saturated carbocycles. The molecule has 0 radical (unpaired) electrons. The van der Waals surface area contributed by atoms with Gasteiger partial charge in [0.25, 0.3) is 0 Å². The van der Waals surface area contributed by atoms with Crippen LogP contribution in [0.5, 0.6) is 0 Å². The standard InChI is InChI=1S/C15H27NO5/c1-5-8-19-9-6-13(4)11-21-15(18)16-7-10-20-14(17)12(2)3/h13H,2,5-11H2,1,3-4H3,(H,16,18). The Hall–Kier alpha value is -1.56. The van der Waals surface area contributed by atoms with Crippen LogP contribution in [0.1, 0.15) is 33.6 Å². The maximum absolute atomic E-state index is 11.4. The molecule has 0 aromatic heterocycles. The molecule has 21 heavy (non-hydrogen) atoms. The number of ether oxygens (including phenoxy) is 3. The smallest absolute Gasteiger partial charge is 0.407 e. The van der Waals surface area contributed by atoms with Crippen molar-refractivity contribution in [1.29, 1.82) is 0 Å². The van der Waals surface area contributed by atoms with Crippen molar-refractivity contribution in [1.82, 2.24) is 5.32 Å². The summed E-state index contributed by atoms with van der Waals surface area (Å²) in [5.41, 5.74) is 0.330. The fourth-order valence-corrected chi connectivity index (χ4v) is 1.30. The first-order chi connectivity index (χ1) is 9.97. The molecule has 0 aliphatic heterocycles. The molecule has 0 aliphatic carbocycles. The summed E-state index contributed by atoms with van der Waals surface area (Å²) in [5.74, 6) is -0.222. The maximum Gasteiger partial charge on any atom is 0.407 e. The van der Waals surface area contributed by atoms with Gasteiger partial charge in [0, 0.05) is 18.8 Å². The molecule has 6 nitrogen and oxygen atoms in total. The number of carbonyl (C=O) groups is 2. The van der Waals surface area contributed by atoms with Crippen LogP contribution < -0.4 is 5.32 Å². The molecule has 1 N–H and O–H groups in total. The summed E-state index contributed by atoms with van der Waals surface area (Å²) in [7, 11) is 0. The van der Waals surface area contributed by atoms with E-state index >= 15 is 0 Å². The normalized spacial score (nSPS) is 11.6. The predicted molar refractivity (Wildman–Crippen MR) is 80.0 cm³/mol. The first kappa shape index (κ1) is 19.4. The van der Waals surface area contributed by atoms with E-state index in [1.165, 1.54) is 0 Å². The Morgan fingerprint density at radius 3 is 2.52 bits per heavy atom. The highest BCUT2D eigenvalue weighted by Crippen LogP contribution is 2.03. The number of alkyl carbamates (subject to hydrolysis) is 1. The van der Waals surface area contributed by atoms with Gasteiger partial charge >= 0.3 is 12.1 Å². The Morgan fingerprint density at radius 1 is 1.19 bits per heavy atom. The zero-order valence-electron chi connectivity index (χ0n) is 13.3. The minimum Gasteiger partial charge on any atom is -0.460 e. The van der Waals surface area contributed by atoms with Gasteiger partial charge in [-0.15, -0.1) is 0 Å². The van der Waals surface area contributed by atoms with E-state index in [0.29, 0.717) is 18.8 Å². The first-order valence-corrected chi connectivity index (χ1v) is 7.28. The van der Waals surface area contributed by atoms with Crippen molar-refractivity contribution in [2.75, 3.05) is 33.0 Å². The number of amides is 1. The lowest BCUT2D eigenvalue weighted by Crippen LogP contribution is -2.30. The van der Waals surface area contributed by atoms with Gasteiger partial charge in [-0.05, 0) is 25.7 Å². The predicted octanol–water partition coefficient (Wildman–Crippen LogP) is 2.28. The monoisotopic (exact) mass is 301 g/mol. The average molecular weight is 301 g/mol. The number of carbonyl (C=O) groups excluding carboxylic acids is 2. The van der Waals surface area contributed by atoms with Crippen molar-refractivity contribution in [2.45, 2.75) is 33.6 Å². The molecule has 0 aromatic carbocycles. The van der Waals surface area contributed by atoms with Crippen LogP contribution in [-0.4, -0.2) is 45.0 Å². The molecule has 0 spiro atoms. The van der Waals surface area contributed by atoms with Crippen LogP contribution in [0.25, 0.3) is 0 Å². The van der Waals surface area contributed by atoms with Crippen molar-refractivity contribution in [2.24, 2.45) is 5.92 Å². The Labute approximate surface area is 126 Å². The van der Waals surface area contributed by atoms with Crippen molar-refractivity contribution in [3.8, 4) is 0 Å². The molecule has 122 valence electrons. The van der Waals surface area contributed by atoms with E-state index in [-0.39, 0.29) is 19.1 Å². The van der Waals surface area contributed by atoms with E-state index in [0.717, 1.165) is 19.4 Å². The molecule has 0 fully saturated rings. The van der Waals surface area contributed by atoms with Gasteiger partial charge in [-0.3, -0.25) is 0 Å². The molecule has 1 unspecified atom stereocenters. The van der Waals surface area contributed by atoms with E-state index < -0.39 is 12.1 Å². The Morgan fingerprint density at radius 2 is 1.90 bits per heavy atom. The van der Waals surface area contributed by atoms with E-state index in [2.05, 4.69) is 18.8 Å².